The zero-order chi connectivity index (χ0) is 22.1. The van der Waals surface area contributed by atoms with Crippen LogP contribution >= 0.6 is 0 Å². The number of esters is 1. The van der Waals surface area contributed by atoms with Gasteiger partial charge in [0, 0.05) is 11.4 Å². The third kappa shape index (κ3) is 7.24. The number of amides is 3. The molecule has 0 aliphatic rings. The predicted molar refractivity (Wildman–Crippen MR) is 117 cm³/mol. The van der Waals surface area contributed by atoms with Gasteiger partial charge in [-0.25, -0.2) is 9.59 Å². The fraction of sp³-hybridized carbons (Fsp3) is 0.348. The Hall–Kier alpha value is -3.35. The molecule has 3 amide bonds. The molecule has 7 nitrogen and oxygen atoms in total. The van der Waals surface area contributed by atoms with Gasteiger partial charge in [-0.3, -0.25) is 4.79 Å². The molecular weight excluding hydrogens is 382 g/mol. The number of hydrogen-bond acceptors (Lipinski definition) is 4. The Balaban J connectivity index is 1.85. The van der Waals surface area contributed by atoms with Gasteiger partial charge in [-0.05, 0) is 41.7 Å². The normalized spacial score (nSPS) is 11.7. The molecule has 0 unspecified atom stereocenters. The van der Waals surface area contributed by atoms with Crippen molar-refractivity contribution in [3.05, 3.63) is 60.2 Å². The fourth-order valence-corrected chi connectivity index (χ4v) is 2.70. The molecule has 0 bridgehead atoms. The maximum absolute atomic E-state index is 12.4. The van der Waals surface area contributed by atoms with Gasteiger partial charge in [0.2, 0.25) is 0 Å². The van der Waals surface area contributed by atoms with E-state index in [-0.39, 0.29) is 5.92 Å². The van der Waals surface area contributed by atoms with Crippen molar-refractivity contribution in [1.29, 1.82) is 0 Å². The molecule has 0 aliphatic heterocycles. The van der Waals surface area contributed by atoms with Crippen LogP contribution in [0.5, 0.6) is 0 Å². The van der Waals surface area contributed by atoms with E-state index >= 15 is 0 Å². The monoisotopic (exact) mass is 411 g/mol. The van der Waals surface area contributed by atoms with E-state index in [0.717, 1.165) is 0 Å². The zero-order valence-corrected chi connectivity index (χ0v) is 17.8. The number of ether oxygens (including phenoxy) is 1. The molecule has 0 radical (unpaired) electrons. The maximum Gasteiger partial charge on any atom is 0.329 e. The average molecular weight is 412 g/mol. The SMILES string of the molecule is CC(C)c1ccc(NC(=O)COC(=O)[C@H](NC(=O)Nc2ccccc2)C(C)C)cc1. The molecule has 0 aliphatic carbocycles. The Kier molecular flexibility index (Phi) is 8.41. The highest BCUT2D eigenvalue weighted by Gasteiger charge is 2.26. The Labute approximate surface area is 177 Å². The van der Waals surface area contributed by atoms with Gasteiger partial charge in [-0.2, -0.15) is 0 Å². The van der Waals surface area contributed by atoms with Crippen LogP contribution in [0.1, 0.15) is 39.2 Å². The lowest BCUT2D eigenvalue weighted by Gasteiger charge is -2.21. The minimum atomic E-state index is -0.883. The summed E-state index contributed by atoms with van der Waals surface area (Å²) in [6.45, 7) is 7.31. The van der Waals surface area contributed by atoms with Crippen LogP contribution in [0.2, 0.25) is 0 Å². The molecule has 2 rings (SSSR count). The van der Waals surface area contributed by atoms with Gasteiger partial charge < -0.3 is 20.7 Å². The lowest BCUT2D eigenvalue weighted by molar-refractivity contribution is -0.150. The van der Waals surface area contributed by atoms with Crippen LogP contribution in [0.4, 0.5) is 16.2 Å². The highest BCUT2D eigenvalue weighted by Crippen LogP contribution is 2.17. The summed E-state index contributed by atoms with van der Waals surface area (Å²) >= 11 is 0. The molecule has 0 saturated heterocycles. The molecule has 0 aromatic heterocycles. The Bertz CT molecular complexity index is 849. The average Bonchev–Trinajstić information content (AvgIpc) is 2.71. The van der Waals surface area contributed by atoms with E-state index in [2.05, 4.69) is 29.8 Å². The van der Waals surface area contributed by atoms with E-state index in [4.69, 9.17) is 4.74 Å². The number of nitrogens with one attached hydrogen (secondary N) is 3. The molecule has 0 heterocycles. The van der Waals surface area contributed by atoms with E-state index < -0.39 is 30.6 Å². The van der Waals surface area contributed by atoms with E-state index in [1.54, 1.807) is 50.2 Å². The Morgan fingerprint density at radius 1 is 0.833 bits per heavy atom. The van der Waals surface area contributed by atoms with Gasteiger partial charge in [0.1, 0.15) is 6.04 Å². The van der Waals surface area contributed by atoms with Crippen LogP contribution in [-0.4, -0.2) is 30.6 Å². The molecular formula is C23H29N3O4. The van der Waals surface area contributed by atoms with Crippen molar-refractivity contribution in [2.24, 2.45) is 5.92 Å². The van der Waals surface area contributed by atoms with Gasteiger partial charge in [-0.15, -0.1) is 0 Å². The third-order valence-electron chi connectivity index (χ3n) is 4.45. The summed E-state index contributed by atoms with van der Waals surface area (Å²) < 4.78 is 5.12. The Morgan fingerprint density at radius 2 is 1.43 bits per heavy atom. The summed E-state index contributed by atoms with van der Waals surface area (Å²) in [5.41, 5.74) is 2.40. The molecule has 30 heavy (non-hydrogen) atoms. The summed E-state index contributed by atoms with van der Waals surface area (Å²) in [5, 5.41) is 7.94. The molecule has 0 spiro atoms. The lowest BCUT2D eigenvalue weighted by Crippen LogP contribution is -2.47. The van der Waals surface area contributed by atoms with E-state index in [1.165, 1.54) is 5.56 Å². The maximum atomic E-state index is 12.4. The van der Waals surface area contributed by atoms with Gasteiger partial charge >= 0.3 is 12.0 Å². The number of urea groups is 1. The van der Waals surface area contributed by atoms with Gasteiger partial charge in [0.15, 0.2) is 6.61 Å². The topological polar surface area (TPSA) is 96.5 Å². The summed E-state index contributed by atoms with van der Waals surface area (Å²) in [5.74, 6) is -0.934. The summed E-state index contributed by atoms with van der Waals surface area (Å²) in [4.78, 5) is 36.7. The van der Waals surface area contributed by atoms with Crippen LogP contribution in [0, 0.1) is 5.92 Å². The second-order valence-electron chi connectivity index (χ2n) is 7.62. The number of hydrogen-bond donors (Lipinski definition) is 3. The number of anilines is 2. The predicted octanol–water partition coefficient (Wildman–Crippen LogP) is 4.14. The minimum absolute atomic E-state index is 0.217. The van der Waals surface area contributed by atoms with Crippen LogP contribution in [-0.2, 0) is 14.3 Å². The highest BCUT2D eigenvalue weighted by atomic mass is 16.5. The van der Waals surface area contributed by atoms with Crippen molar-refractivity contribution in [2.45, 2.75) is 39.7 Å². The first kappa shape index (κ1) is 22.9. The number of carbonyl (C=O) groups excluding carboxylic acids is 3. The molecule has 2 aromatic carbocycles. The molecule has 0 saturated carbocycles. The van der Waals surface area contributed by atoms with Crippen molar-refractivity contribution < 1.29 is 19.1 Å². The van der Waals surface area contributed by atoms with Gasteiger partial charge in [0.25, 0.3) is 5.91 Å². The lowest BCUT2D eigenvalue weighted by atomic mass is 10.0. The fourth-order valence-electron chi connectivity index (χ4n) is 2.70. The third-order valence-corrected chi connectivity index (χ3v) is 4.45. The first-order chi connectivity index (χ1) is 14.3. The molecule has 160 valence electrons. The first-order valence-electron chi connectivity index (χ1n) is 9.95. The molecule has 7 heteroatoms. The van der Waals surface area contributed by atoms with Gasteiger partial charge in [-0.1, -0.05) is 58.0 Å². The summed E-state index contributed by atoms with van der Waals surface area (Å²) in [6, 6.07) is 15.0. The smallest absolute Gasteiger partial charge is 0.329 e. The largest absolute Gasteiger partial charge is 0.454 e. The quantitative estimate of drug-likeness (QED) is 0.569. The van der Waals surface area contributed by atoms with Crippen LogP contribution in [0.3, 0.4) is 0 Å². The van der Waals surface area contributed by atoms with Crippen molar-refractivity contribution in [3.63, 3.8) is 0 Å². The standard InChI is InChI=1S/C23H29N3O4/c1-15(2)17-10-12-19(13-11-17)24-20(27)14-30-22(28)21(16(3)4)26-23(29)25-18-8-6-5-7-9-18/h5-13,15-16,21H,14H2,1-4H3,(H,24,27)(H2,25,26,29)/t21-/m1/s1. The van der Waals surface area contributed by atoms with E-state index in [1.807, 2.05) is 18.2 Å². The number of benzene rings is 2. The summed E-state index contributed by atoms with van der Waals surface area (Å²) in [6.07, 6.45) is 0. The highest BCUT2D eigenvalue weighted by molar-refractivity contribution is 5.95. The van der Waals surface area contributed by atoms with Crippen LogP contribution in [0.15, 0.2) is 54.6 Å². The van der Waals surface area contributed by atoms with Crippen LogP contribution in [0.25, 0.3) is 0 Å². The summed E-state index contributed by atoms with van der Waals surface area (Å²) in [7, 11) is 0. The van der Waals surface area contributed by atoms with Crippen molar-refractivity contribution in [1.82, 2.24) is 5.32 Å². The second kappa shape index (κ2) is 11.0. The number of carbonyl (C=O) groups is 3. The first-order valence-corrected chi connectivity index (χ1v) is 9.95. The number of para-hydroxylation sites is 1. The Morgan fingerprint density at radius 3 is 2.00 bits per heavy atom. The number of rotatable bonds is 8. The molecule has 1 atom stereocenters. The van der Waals surface area contributed by atoms with Crippen molar-refractivity contribution in [2.75, 3.05) is 17.2 Å². The van der Waals surface area contributed by atoms with E-state index in [0.29, 0.717) is 17.3 Å². The second-order valence-corrected chi connectivity index (χ2v) is 7.62. The van der Waals surface area contributed by atoms with Crippen molar-refractivity contribution in [3.8, 4) is 0 Å². The van der Waals surface area contributed by atoms with E-state index in [9.17, 15) is 14.4 Å². The van der Waals surface area contributed by atoms with Gasteiger partial charge in [0.05, 0.1) is 0 Å². The van der Waals surface area contributed by atoms with Crippen molar-refractivity contribution >= 4 is 29.3 Å². The minimum Gasteiger partial charge on any atom is -0.454 e. The molecule has 2 aromatic rings. The molecule has 0 fully saturated rings. The zero-order valence-electron chi connectivity index (χ0n) is 17.8. The molecule has 3 N–H and O–H groups in total. The van der Waals surface area contributed by atoms with Crippen LogP contribution < -0.4 is 16.0 Å².